The molecule has 0 atom stereocenters. The first-order valence-corrected chi connectivity index (χ1v) is 8.35. The van der Waals surface area contributed by atoms with E-state index in [9.17, 15) is 13.2 Å². The van der Waals surface area contributed by atoms with Crippen molar-refractivity contribution in [1.82, 2.24) is 14.3 Å². The van der Waals surface area contributed by atoms with E-state index < -0.39 is 15.9 Å². The van der Waals surface area contributed by atoms with Crippen molar-refractivity contribution in [1.29, 1.82) is 0 Å². The lowest BCUT2D eigenvalue weighted by atomic mass is 10.2. The maximum absolute atomic E-state index is 12.1. The van der Waals surface area contributed by atoms with Crippen LogP contribution in [0.5, 0.6) is 0 Å². The highest BCUT2D eigenvalue weighted by atomic mass is 32.2. The van der Waals surface area contributed by atoms with Gasteiger partial charge in [0.2, 0.25) is 0 Å². The number of hydrogen-bond acceptors (Lipinski definition) is 5. The van der Waals surface area contributed by atoms with Gasteiger partial charge in [-0.2, -0.15) is 0 Å². The van der Waals surface area contributed by atoms with Gasteiger partial charge in [-0.3, -0.25) is 4.79 Å². The van der Waals surface area contributed by atoms with Gasteiger partial charge in [-0.25, -0.2) is 18.1 Å². The average molecular weight is 321 g/mol. The zero-order valence-electron chi connectivity index (χ0n) is 11.0. The highest BCUT2D eigenvalue weighted by Crippen LogP contribution is 2.17. The van der Waals surface area contributed by atoms with Crippen molar-refractivity contribution >= 4 is 38.3 Å². The summed E-state index contributed by atoms with van der Waals surface area (Å²) >= 11 is 1.05. The number of nitrogens with zero attached hydrogens (tertiary/aromatic N) is 2. The van der Waals surface area contributed by atoms with Crippen LogP contribution in [-0.2, 0) is 17.1 Å². The maximum Gasteiger partial charge on any atom is 0.273 e. The Morgan fingerprint density at radius 1 is 1.33 bits per heavy atom. The summed E-state index contributed by atoms with van der Waals surface area (Å²) in [7, 11) is -1.98. The molecule has 2 heterocycles. The number of sulfonamides is 1. The monoisotopic (exact) mass is 321 g/mol. The van der Waals surface area contributed by atoms with Crippen LogP contribution in [0.2, 0.25) is 0 Å². The minimum Gasteiger partial charge on any atom is -0.334 e. The molecule has 1 aromatic carbocycles. The van der Waals surface area contributed by atoms with Gasteiger partial charge in [0.05, 0.1) is 17.4 Å². The van der Waals surface area contributed by atoms with E-state index in [2.05, 4.69) is 9.71 Å². The van der Waals surface area contributed by atoms with Gasteiger partial charge in [-0.05, 0) is 29.6 Å². The predicted molar refractivity (Wildman–Crippen MR) is 79.7 cm³/mol. The maximum atomic E-state index is 12.1. The number of amides is 1. The quantitative estimate of drug-likeness (QED) is 0.797. The molecular weight excluding hydrogens is 310 g/mol. The summed E-state index contributed by atoms with van der Waals surface area (Å²) in [5.41, 5.74) is 1.76. The third kappa shape index (κ3) is 2.55. The molecule has 0 saturated heterocycles. The van der Waals surface area contributed by atoms with Crippen molar-refractivity contribution in [2.24, 2.45) is 7.05 Å². The minimum absolute atomic E-state index is 0.106. The number of fused-ring (bicyclic) bond motifs is 1. The van der Waals surface area contributed by atoms with Crippen LogP contribution in [0.15, 0.2) is 46.2 Å². The van der Waals surface area contributed by atoms with Gasteiger partial charge in [-0.15, -0.1) is 11.3 Å². The van der Waals surface area contributed by atoms with Gasteiger partial charge < -0.3 is 4.57 Å². The summed E-state index contributed by atoms with van der Waals surface area (Å²) in [6.07, 6.45) is 1.63. The minimum atomic E-state index is -3.82. The Hall–Kier alpha value is -2.19. The number of thiophene rings is 1. The number of aromatic nitrogens is 2. The third-order valence-corrected chi connectivity index (χ3v) is 5.70. The number of aryl methyl sites for hydroxylation is 1. The van der Waals surface area contributed by atoms with Crippen LogP contribution >= 0.6 is 11.3 Å². The van der Waals surface area contributed by atoms with Crippen LogP contribution in [0, 0.1) is 0 Å². The van der Waals surface area contributed by atoms with Crippen molar-refractivity contribution in [3.63, 3.8) is 0 Å². The average Bonchev–Trinajstić information content (AvgIpc) is 3.08. The smallest absolute Gasteiger partial charge is 0.273 e. The molecule has 1 N–H and O–H groups in total. The number of rotatable bonds is 3. The van der Waals surface area contributed by atoms with Crippen molar-refractivity contribution in [3.8, 4) is 0 Å². The van der Waals surface area contributed by atoms with Crippen molar-refractivity contribution in [2.45, 2.75) is 4.21 Å². The van der Waals surface area contributed by atoms with E-state index in [0.717, 1.165) is 16.9 Å². The van der Waals surface area contributed by atoms with E-state index >= 15 is 0 Å². The molecule has 108 valence electrons. The number of hydrogen-bond donors (Lipinski definition) is 1. The van der Waals surface area contributed by atoms with Crippen LogP contribution < -0.4 is 4.72 Å². The van der Waals surface area contributed by atoms with Gasteiger partial charge in [0, 0.05) is 12.6 Å². The van der Waals surface area contributed by atoms with Crippen LogP contribution in [0.3, 0.4) is 0 Å². The Balaban J connectivity index is 1.90. The van der Waals surface area contributed by atoms with E-state index in [4.69, 9.17) is 0 Å². The normalized spacial score (nSPS) is 11.7. The third-order valence-electron chi connectivity index (χ3n) is 2.97. The summed E-state index contributed by atoms with van der Waals surface area (Å²) in [6, 6.07) is 7.93. The fourth-order valence-electron chi connectivity index (χ4n) is 1.92. The van der Waals surface area contributed by atoms with Crippen LogP contribution in [0.1, 0.15) is 10.4 Å². The van der Waals surface area contributed by atoms with Crippen molar-refractivity contribution in [3.05, 3.63) is 47.6 Å². The van der Waals surface area contributed by atoms with E-state index in [1.165, 1.54) is 6.07 Å². The fraction of sp³-hybridized carbons (Fsp3) is 0.0769. The molecule has 3 rings (SSSR count). The first-order valence-electron chi connectivity index (χ1n) is 5.99. The molecule has 0 spiro atoms. The van der Waals surface area contributed by atoms with Crippen molar-refractivity contribution in [2.75, 3.05) is 0 Å². The van der Waals surface area contributed by atoms with Crippen LogP contribution in [0.25, 0.3) is 11.0 Å². The molecular formula is C13H11N3O3S2. The molecule has 3 aromatic rings. The second kappa shape index (κ2) is 4.97. The molecule has 0 aliphatic rings. The summed E-state index contributed by atoms with van der Waals surface area (Å²) < 4.78 is 28.0. The van der Waals surface area contributed by atoms with Gasteiger partial charge in [0.1, 0.15) is 4.21 Å². The SMILES string of the molecule is Cn1cnc2cc(C(=O)NS(=O)(=O)c3cccs3)ccc21. The molecule has 0 bridgehead atoms. The van der Waals surface area contributed by atoms with E-state index in [1.807, 2.05) is 11.6 Å². The lowest BCUT2D eigenvalue weighted by molar-refractivity contribution is 0.0981. The lowest BCUT2D eigenvalue weighted by Crippen LogP contribution is -2.30. The zero-order valence-corrected chi connectivity index (χ0v) is 12.6. The molecule has 0 radical (unpaired) electrons. The van der Waals surface area contributed by atoms with E-state index in [1.54, 1.807) is 36.0 Å². The molecule has 8 heteroatoms. The molecule has 2 aromatic heterocycles. The molecule has 0 aliphatic heterocycles. The molecule has 0 unspecified atom stereocenters. The van der Waals surface area contributed by atoms with E-state index in [0.29, 0.717) is 5.52 Å². The number of carbonyl (C=O) groups excluding carboxylic acids is 1. The standard InChI is InChI=1S/C13H11N3O3S2/c1-16-8-14-10-7-9(4-5-11(10)16)13(17)15-21(18,19)12-3-2-6-20-12/h2-8H,1H3,(H,15,17). The van der Waals surface area contributed by atoms with Gasteiger partial charge in [-0.1, -0.05) is 6.07 Å². The Labute approximate surface area is 125 Å². The van der Waals surface area contributed by atoms with E-state index in [-0.39, 0.29) is 9.77 Å². The first kappa shape index (κ1) is 13.8. The lowest BCUT2D eigenvalue weighted by Gasteiger charge is -2.05. The largest absolute Gasteiger partial charge is 0.334 e. The second-order valence-corrected chi connectivity index (χ2v) is 7.28. The molecule has 1 amide bonds. The Morgan fingerprint density at radius 2 is 2.14 bits per heavy atom. The predicted octanol–water partition coefficient (Wildman–Crippen LogP) is 1.75. The first-order chi connectivity index (χ1) is 9.97. The number of carbonyl (C=O) groups is 1. The summed E-state index contributed by atoms with van der Waals surface area (Å²) in [5, 5.41) is 1.64. The molecule has 6 nitrogen and oxygen atoms in total. The zero-order chi connectivity index (χ0) is 15.0. The number of imidazole rings is 1. The number of nitrogens with one attached hydrogen (secondary N) is 1. The van der Waals surface area contributed by atoms with Gasteiger partial charge >= 0.3 is 0 Å². The van der Waals surface area contributed by atoms with Crippen molar-refractivity contribution < 1.29 is 13.2 Å². The van der Waals surface area contributed by atoms with Gasteiger partial charge in [0.15, 0.2) is 0 Å². The fourth-order valence-corrected chi connectivity index (χ4v) is 3.89. The Bertz CT molecular complexity index is 911. The molecule has 0 fully saturated rings. The van der Waals surface area contributed by atoms with Crippen LogP contribution in [-0.4, -0.2) is 23.9 Å². The second-order valence-electron chi connectivity index (χ2n) is 4.43. The Kier molecular flexibility index (Phi) is 3.26. The highest BCUT2D eigenvalue weighted by Gasteiger charge is 2.20. The summed E-state index contributed by atoms with van der Waals surface area (Å²) in [6.45, 7) is 0. The Morgan fingerprint density at radius 3 is 2.86 bits per heavy atom. The highest BCUT2D eigenvalue weighted by molar-refractivity contribution is 7.92. The topological polar surface area (TPSA) is 81.1 Å². The summed E-state index contributed by atoms with van der Waals surface area (Å²) in [4.78, 5) is 16.2. The molecule has 0 aliphatic carbocycles. The summed E-state index contributed by atoms with van der Waals surface area (Å²) in [5.74, 6) is -0.670. The van der Waals surface area contributed by atoms with Gasteiger partial charge in [0.25, 0.3) is 15.9 Å². The number of benzene rings is 1. The molecule has 21 heavy (non-hydrogen) atoms. The molecule has 0 saturated carbocycles. The van der Waals surface area contributed by atoms with Crippen LogP contribution in [0.4, 0.5) is 0 Å².